The third-order valence-electron chi connectivity index (χ3n) is 9.50. The fourth-order valence-electron chi connectivity index (χ4n) is 5.95. The molecular weight excluding hydrogens is 1170 g/mol. The molecule has 15 N–H and O–H groups in total. The lowest BCUT2D eigenvalue weighted by Crippen LogP contribution is -2.43. The van der Waals surface area contributed by atoms with Gasteiger partial charge in [-0.05, 0) is 19.3 Å². The fraction of sp³-hybridized carbons (Fsp3) is 0.500. The van der Waals surface area contributed by atoms with Crippen molar-refractivity contribution in [2.24, 2.45) is 0 Å². The van der Waals surface area contributed by atoms with E-state index < -0.39 is 138 Å². The van der Waals surface area contributed by atoms with Crippen molar-refractivity contribution < 1.29 is 124 Å². The normalized spacial score (nSPS) is 18.8. The van der Waals surface area contributed by atoms with E-state index in [9.17, 15) is 105 Å². The first-order chi connectivity index (χ1) is 31.2. The molecule has 4 heterocycles. The van der Waals surface area contributed by atoms with Crippen LogP contribution in [-0.2, 0) is 80.6 Å². The molecule has 31 nitrogen and oxygen atoms in total. The minimum absolute atomic E-state index is 0.144. The van der Waals surface area contributed by atoms with Gasteiger partial charge in [-0.3, -0.25) is 59.9 Å². The molecule has 1 amide bonds. The van der Waals surface area contributed by atoms with Crippen LogP contribution >= 0.6 is 106 Å². The quantitative estimate of drug-likeness (QED) is 0.0380. The van der Waals surface area contributed by atoms with Crippen molar-refractivity contribution in [2.45, 2.75) is 78.6 Å². The lowest BCUT2D eigenvalue weighted by Gasteiger charge is -2.45. The lowest BCUT2D eigenvalue weighted by atomic mass is 10.2. The molecule has 6 atom stereocenters. The van der Waals surface area contributed by atoms with Gasteiger partial charge in [-0.2, -0.15) is 0 Å². The van der Waals surface area contributed by atoms with Crippen molar-refractivity contribution in [3.63, 3.8) is 0 Å². The molecule has 43 heteroatoms. The number of hydrogen-bond acceptors (Lipinski definition) is 21. The van der Waals surface area contributed by atoms with Crippen LogP contribution in [0.1, 0.15) is 53.9 Å². The zero-order chi connectivity index (χ0) is 52.6. The van der Waals surface area contributed by atoms with Crippen molar-refractivity contribution in [2.75, 3.05) is 5.32 Å². The summed E-state index contributed by atoms with van der Waals surface area (Å²) >= 11 is 2.76. The second-order valence-corrected chi connectivity index (χ2v) is 34.1. The molecule has 0 saturated carbocycles. The summed E-state index contributed by atoms with van der Waals surface area (Å²) in [5.41, 5.74) is 1.48. The highest BCUT2D eigenvalue weighted by Crippen LogP contribution is 2.88. The van der Waals surface area contributed by atoms with Crippen LogP contribution in [0.4, 0.5) is 5.13 Å². The molecule has 6 unspecified atom stereocenters. The van der Waals surface area contributed by atoms with Crippen molar-refractivity contribution in [1.82, 2.24) is 19.9 Å². The van der Waals surface area contributed by atoms with Gasteiger partial charge >= 0.3 is 60.8 Å². The Kier molecular flexibility index (Phi) is 19.2. The van der Waals surface area contributed by atoms with Gasteiger partial charge in [-0.1, -0.05) is 0 Å². The van der Waals surface area contributed by atoms with E-state index in [-0.39, 0.29) is 26.4 Å². The maximum Gasteiger partial charge on any atom is 0.374 e. The third kappa shape index (κ3) is 13.2. The summed E-state index contributed by atoms with van der Waals surface area (Å²) in [5, 5.41) is -2.52. The second-order valence-electron chi connectivity index (χ2n) is 14.3. The van der Waals surface area contributed by atoms with Gasteiger partial charge in [0.2, 0.25) is 5.91 Å². The zero-order valence-electron chi connectivity index (χ0n) is 34.4. The van der Waals surface area contributed by atoms with Crippen LogP contribution in [0.15, 0.2) is 39.6 Å². The number of aryl methyl sites for hydroxylation is 4. The summed E-state index contributed by atoms with van der Waals surface area (Å²) in [6, 6.07) is 0. The van der Waals surface area contributed by atoms with Crippen LogP contribution in [-0.4, -0.2) is 115 Å². The zero-order valence-corrected chi connectivity index (χ0v) is 44.8. The van der Waals surface area contributed by atoms with Gasteiger partial charge < -0.3 is 74.0 Å². The number of nitrogens with zero attached hydrogens (tertiary/aromatic N) is 4. The summed E-state index contributed by atoms with van der Waals surface area (Å²) in [7, 11) is -57.2. The molecule has 0 aliphatic carbocycles. The SMILES string of the molecule is CC(=O)Nc1nc(CCC(O)(P(=O)(O)O)P(=O)(O)OC(CCc2cncs2)(P(=O)(O)O)P(=O)(O)OC(CCc2cscn2)(P(=O)(O)O)P(=O)(O)OC(CCc2nccs2)(P(=O)(O)O)P(=O)(O)O)cs1. The van der Waals surface area contributed by atoms with Gasteiger partial charge in [-0.25, -0.2) is 15.0 Å². The van der Waals surface area contributed by atoms with Crippen molar-refractivity contribution >= 4 is 117 Å². The average molecular weight is 1220 g/mol. The van der Waals surface area contributed by atoms with E-state index in [1.807, 2.05) is 0 Å². The van der Waals surface area contributed by atoms with Crippen molar-refractivity contribution in [1.29, 1.82) is 0 Å². The van der Waals surface area contributed by atoms with E-state index in [4.69, 9.17) is 9.05 Å². The van der Waals surface area contributed by atoms with E-state index in [2.05, 4.69) is 29.8 Å². The van der Waals surface area contributed by atoms with Crippen LogP contribution < -0.4 is 5.32 Å². The molecule has 0 spiro atoms. The highest BCUT2D eigenvalue weighted by atomic mass is 32.1. The Morgan fingerprint density at radius 1 is 0.594 bits per heavy atom. The predicted octanol–water partition coefficient (Wildman–Crippen LogP) is 3.40. The number of carbonyl (C=O) groups is 1. The summed E-state index contributed by atoms with van der Waals surface area (Å²) < 4.78 is 125. The van der Waals surface area contributed by atoms with E-state index in [1.54, 1.807) is 0 Å². The Bertz CT molecular complexity index is 2800. The molecule has 0 aliphatic heterocycles. The van der Waals surface area contributed by atoms with Crippen LogP contribution in [0.3, 0.4) is 0 Å². The maximum atomic E-state index is 15.1. The first-order valence-electron chi connectivity index (χ1n) is 18.2. The molecule has 0 aromatic carbocycles. The van der Waals surface area contributed by atoms with Crippen LogP contribution in [0.25, 0.3) is 0 Å². The van der Waals surface area contributed by atoms with Gasteiger partial charge in [-0.15, -0.1) is 45.3 Å². The minimum atomic E-state index is -7.67. The van der Waals surface area contributed by atoms with Gasteiger partial charge in [0.05, 0.1) is 27.4 Å². The summed E-state index contributed by atoms with van der Waals surface area (Å²) in [4.78, 5) is 168. The predicted molar refractivity (Wildman–Crippen MR) is 242 cm³/mol. The number of rotatable bonds is 27. The molecule has 0 saturated heterocycles. The summed E-state index contributed by atoms with van der Waals surface area (Å²) in [6.45, 7) is 1.07. The number of amides is 1. The number of hydrogen-bond donors (Lipinski definition) is 15. The Morgan fingerprint density at radius 2 is 1.10 bits per heavy atom. The van der Waals surface area contributed by atoms with Crippen molar-refractivity contribution in [3.8, 4) is 0 Å². The average Bonchev–Trinajstić information content (AvgIpc) is 4.02. The molecule has 4 rings (SSSR count). The third-order valence-corrected chi connectivity index (χ3v) is 30.9. The fourth-order valence-corrected chi connectivity index (χ4v) is 23.8. The Labute approximate surface area is 403 Å². The number of nitrogens with one attached hydrogen (secondary N) is 1. The van der Waals surface area contributed by atoms with E-state index in [0.29, 0.717) is 34.0 Å². The molecule has 390 valence electrons. The highest BCUT2D eigenvalue weighted by Gasteiger charge is 2.77. The Balaban J connectivity index is 2.04. The van der Waals surface area contributed by atoms with Gasteiger partial charge in [0.25, 0.3) is 20.3 Å². The summed E-state index contributed by atoms with van der Waals surface area (Å²) in [5.74, 6) is -0.650. The monoisotopic (exact) mass is 1210 g/mol. The molecule has 69 heavy (non-hydrogen) atoms. The van der Waals surface area contributed by atoms with Crippen LogP contribution in [0, 0.1) is 0 Å². The molecule has 0 bridgehead atoms. The Hall–Kier alpha value is -0.850. The van der Waals surface area contributed by atoms with Crippen molar-refractivity contribution in [3.05, 3.63) is 60.8 Å². The lowest BCUT2D eigenvalue weighted by molar-refractivity contribution is -0.114. The molecule has 0 radical (unpaired) electrons. The van der Waals surface area contributed by atoms with Gasteiger partial charge in [0, 0.05) is 72.4 Å². The summed E-state index contributed by atoms with van der Waals surface area (Å²) in [6.07, 6.45) is -9.54. The minimum Gasteiger partial charge on any atom is -0.368 e. The molecule has 4 aromatic rings. The standard InChI is InChI=1S/C26H41N5O26P8S4/c1-17(32)30-22-31-19(14-68-22)2-6-23(33,58(34,35)36)63(49,50)56-26(62(46,47)48,8-4-20-12-27-15-69-20)65(53,54)57-25(61(43,44)45,7-3-18-13-66-16-29-18)64(51,52)55-24(59(37,38)39,60(40,41)42)9-5-21-28-10-11-67-21/h10-16,33H,2-9H2,1H3,(H,49,50)(H,51,52)(H,53,54)(H,30,31,32)(H2,34,35,36)(H2,37,38,39)(H2,40,41,42)(H2,43,44,45)(H2,46,47,48). The number of anilines is 1. The first kappa shape index (κ1) is 60.7. The van der Waals surface area contributed by atoms with Gasteiger partial charge in [0.1, 0.15) is 0 Å². The van der Waals surface area contributed by atoms with Crippen LogP contribution in [0.5, 0.6) is 0 Å². The van der Waals surface area contributed by atoms with Crippen LogP contribution in [0.2, 0.25) is 0 Å². The van der Waals surface area contributed by atoms with E-state index in [0.717, 1.165) is 52.4 Å². The maximum absolute atomic E-state index is 15.1. The number of thiazole rings is 4. The molecular formula is C26H41N5O26P8S4. The second kappa shape index (κ2) is 21.8. The smallest absolute Gasteiger partial charge is 0.368 e. The largest absolute Gasteiger partial charge is 0.374 e. The van der Waals surface area contributed by atoms with E-state index in [1.165, 1.54) is 5.38 Å². The Morgan fingerprint density at radius 3 is 1.55 bits per heavy atom. The molecule has 0 aliphatic rings. The van der Waals surface area contributed by atoms with Gasteiger partial charge in [0.15, 0.2) is 5.13 Å². The topological polar surface area (TPSA) is 528 Å². The highest BCUT2D eigenvalue weighted by molar-refractivity contribution is 7.78. The first-order valence-corrected chi connectivity index (χ1v) is 34.6. The number of carbonyl (C=O) groups excluding carboxylic acids is 1. The molecule has 4 aromatic heterocycles. The molecule has 0 fully saturated rings. The number of aromatic nitrogens is 4. The van der Waals surface area contributed by atoms with E-state index >= 15 is 4.57 Å². The number of aliphatic hydroxyl groups is 1.